The van der Waals surface area contributed by atoms with Gasteiger partial charge < -0.3 is 9.47 Å². The third-order valence-corrected chi connectivity index (χ3v) is 4.14. The number of aromatic nitrogens is 4. The predicted octanol–water partition coefficient (Wildman–Crippen LogP) is -1.51. The molecule has 3 heterocycles. The molecule has 1 aliphatic rings. The number of aromatic amines is 1. The molecular weight excluding hydrogens is 258 g/mol. The molecule has 20 heavy (non-hydrogen) atoms. The van der Waals surface area contributed by atoms with Crippen molar-refractivity contribution in [3.63, 3.8) is 0 Å². The van der Waals surface area contributed by atoms with Gasteiger partial charge >= 0.3 is 5.69 Å². The first-order chi connectivity index (χ1) is 9.66. The van der Waals surface area contributed by atoms with Gasteiger partial charge in [-0.2, -0.15) is 0 Å². The minimum Gasteiger partial charge on any atom is -0.333 e. The summed E-state index contributed by atoms with van der Waals surface area (Å²) in [5.41, 5.74) is 0.166. The summed E-state index contributed by atoms with van der Waals surface area (Å²) >= 11 is 0. The van der Waals surface area contributed by atoms with Crippen LogP contribution in [0.25, 0.3) is 11.2 Å². The Bertz CT molecular complexity index is 720. The van der Waals surface area contributed by atoms with Crippen LogP contribution in [0.15, 0.2) is 15.9 Å². The molecule has 1 fully saturated rings. The Balaban J connectivity index is 1.87. The molecule has 0 atom stereocenters. The van der Waals surface area contributed by atoms with E-state index >= 15 is 0 Å². The number of hydrogen-bond acceptors (Lipinski definition) is 3. The molecule has 0 aliphatic carbocycles. The zero-order valence-electron chi connectivity index (χ0n) is 11.7. The zero-order valence-corrected chi connectivity index (χ0v) is 11.7. The molecule has 0 saturated carbocycles. The summed E-state index contributed by atoms with van der Waals surface area (Å²) in [6, 6.07) is 0. The lowest BCUT2D eigenvalue weighted by Crippen LogP contribution is -3.13. The van der Waals surface area contributed by atoms with Crippen LogP contribution >= 0.6 is 0 Å². The van der Waals surface area contributed by atoms with Crippen molar-refractivity contribution < 1.29 is 4.90 Å². The van der Waals surface area contributed by atoms with Gasteiger partial charge in [0.05, 0.1) is 32.5 Å². The molecule has 2 N–H and O–H groups in total. The van der Waals surface area contributed by atoms with Gasteiger partial charge in [0.25, 0.3) is 5.56 Å². The Morgan fingerprint density at radius 1 is 1.30 bits per heavy atom. The lowest BCUT2D eigenvalue weighted by Gasteiger charge is -2.23. The number of rotatable bonds is 3. The molecule has 2 aromatic rings. The van der Waals surface area contributed by atoms with Crippen molar-refractivity contribution in [3.8, 4) is 0 Å². The molecule has 7 nitrogen and oxygen atoms in total. The van der Waals surface area contributed by atoms with E-state index in [1.807, 2.05) is 4.57 Å². The summed E-state index contributed by atoms with van der Waals surface area (Å²) in [6.07, 6.45) is 5.56. The van der Waals surface area contributed by atoms with Gasteiger partial charge in [0.15, 0.2) is 11.2 Å². The fourth-order valence-corrected chi connectivity index (χ4v) is 2.94. The fraction of sp³-hybridized carbons (Fsp3) is 0.615. The average Bonchev–Trinajstić information content (AvgIpc) is 2.88. The van der Waals surface area contributed by atoms with E-state index in [0.717, 1.165) is 13.1 Å². The van der Waals surface area contributed by atoms with E-state index < -0.39 is 5.69 Å². The number of quaternary nitrogens is 1. The first-order valence-electron chi connectivity index (χ1n) is 7.14. The quantitative estimate of drug-likeness (QED) is 0.717. The van der Waals surface area contributed by atoms with Crippen molar-refractivity contribution in [1.29, 1.82) is 0 Å². The topological polar surface area (TPSA) is 77.1 Å². The normalized spacial score (nSPS) is 16.9. The lowest BCUT2D eigenvalue weighted by atomic mass is 10.1. The first-order valence-corrected chi connectivity index (χ1v) is 7.14. The largest absolute Gasteiger partial charge is 0.333 e. The number of aryl methyl sites for hydroxylation is 1. The van der Waals surface area contributed by atoms with Crippen LogP contribution in [0.2, 0.25) is 0 Å². The van der Waals surface area contributed by atoms with Crippen molar-refractivity contribution in [2.24, 2.45) is 7.05 Å². The van der Waals surface area contributed by atoms with Gasteiger partial charge in [0.1, 0.15) is 0 Å². The molecule has 3 rings (SSSR count). The van der Waals surface area contributed by atoms with Gasteiger partial charge in [-0.3, -0.25) is 14.3 Å². The third kappa shape index (κ3) is 2.29. The molecule has 0 amide bonds. The number of nitrogens with zero attached hydrogens (tertiary/aromatic N) is 3. The summed E-state index contributed by atoms with van der Waals surface area (Å²) in [7, 11) is 1.62. The van der Waals surface area contributed by atoms with Crippen LogP contribution in [0.4, 0.5) is 0 Å². The zero-order chi connectivity index (χ0) is 14.1. The maximum absolute atomic E-state index is 11.9. The number of likely N-dealkylation sites (tertiary alicyclic amines) is 1. The molecule has 7 heteroatoms. The maximum atomic E-state index is 11.9. The van der Waals surface area contributed by atoms with Crippen molar-refractivity contribution in [2.45, 2.75) is 25.8 Å². The van der Waals surface area contributed by atoms with Crippen molar-refractivity contribution >= 4 is 11.2 Å². The highest BCUT2D eigenvalue weighted by Gasteiger charge is 2.15. The van der Waals surface area contributed by atoms with Gasteiger partial charge in [0, 0.05) is 7.05 Å². The molecule has 1 saturated heterocycles. The molecule has 0 bridgehead atoms. The molecule has 1 aliphatic heterocycles. The molecule has 2 aromatic heterocycles. The van der Waals surface area contributed by atoms with Crippen LogP contribution in [0.5, 0.6) is 0 Å². The lowest BCUT2D eigenvalue weighted by molar-refractivity contribution is -0.905. The summed E-state index contributed by atoms with van der Waals surface area (Å²) in [5, 5.41) is 0. The minimum absolute atomic E-state index is 0.353. The van der Waals surface area contributed by atoms with E-state index in [9.17, 15) is 9.59 Å². The highest BCUT2D eigenvalue weighted by atomic mass is 16.2. The third-order valence-electron chi connectivity index (χ3n) is 4.14. The second-order valence-electron chi connectivity index (χ2n) is 5.49. The summed E-state index contributed by atoms with van der Waals surface area (Å²) in [6.45, 7) is 4.17. The monoisotopic (exact) mass is 278 g/mol. The second kappa shape index (κ2) is 5.24. The number of H-pyrrole nitrogens is 1. The van der Waals surface area contributed by atoms with E-state index in [1.165, 1.54) is 36.9 Å². The molecule has 0 spiro atoms. The van der Waals surface area contributed by atoms with Gasteiger partial charge in [-0.05, 0) is 19.3 Å². The number of hydrogen-bond donors (Lipinski definition) is 2. The van der Waals surface area contributed by atoms with Crippen LogP contribution in [-0.4, -0.2) is 38.7 Å². The fourth-order valence-electron chi connectivity index (χ4n) is 2.94. The maximum Gasteiger partial charge on any atom is 0.329 e. The first kappa shape index (κ1) is 13.1. The average molecular weight is 278 g/mol. The van der Waals surface area contributed by atoms with E-state index in [2.05, 4.69) is 9.97 Å². The molecule has 108 valence electrons. The highest BCUT2D eigenvalue weighted by Crippen LogP contribution is 2.03. The summed E-state index contributed by atoms with van der Waals surface area (Å²) in [5.74, 6) is 0. The Morgan fingerprint density at radius 2 is 2.05 bits per heavy atom. The second-order valence-corrected chi connectivity index (χ2v) is 5.49. The van der Waals surface area contributed by atoms with E-state index in [4.69, 9.17) is 0 Å². The Morgan fingerprint density at radius 3 is 2.80 bits per heavy atom. The molecular formula is C13H20N5O2+. The highest BCUT2D eigenvalue weighted by molar-refractivity contribution is 5.69. The number of fused-ring (bicyclic) bond motifs is 1. The van der Waals surface area contributed by atoms with Gasteiger partial charge in [0.2, 0.25) is 0 Å². The Kier molecular flexibility index (Phi) is 3.43. The van der Waals surface area contributed by atoms with Crippen LogP contribution in [0, 0.1) is 0 Å². The van der Waals surface area contributed by atoms with Crippen LogP contribution < -0.4 is 16.1 Å². The molecule has 0 radical (unpaired) electrons. The Hall–Kier alpha value is -1.89. The summed E-state index contributed by atoms with van der Waals surface area (Å²) < 4.78 is 3.23. The molecule has 0 aromatic carbocycles. The summed E-state index contributed by atoms with van der Waals surface area (Å²) in [4.78, 5) is 31.6. The Labute approximate surface area is 115 Å². The van der Waals surface area contributed by atoms with E-state index in [-0.39, 0.29) is 5.56 Å². The smallest absolute Gasteiger partial charge is 0.329 e. The van der Waals surface area contributed by atoms with Crippen LogP contribution in [0.1, 0.15) is 19.3 Å². The molecule has 0 unspecified atom stereocenters. The van der Waals surface area contributed by atoms with Gasteiger partial charge in [-0.15, -0.1) is 0 Å². The van der Waals surface area contributed by atoms with E-state index in [0.29, 0.717) is 11.2 Å². The van der Waals surface area contributed by atoms with E-state index in [1.54, 1.807) is 18.3 Å². The standard InChI is InChI=1S/C13H19N5O2/c1-16-11-10(12(19)15-13(16)20)18(9-14-11)8-7-17-5-3-2-4-6-17/h9H,2-8H2,1H3,(H,15,19,20)/p+1. The number of piperidine rings is 1. The minimum atomic E-state index is -0.422. The predicted molar refractivity (Wildman–Crippen MR) is 75.0 cm³/mol. The van der Waals surface area contributed by atoms with Crippen molar-refractivity contribution in [1.82, 2.24) is 19.1 Å². The van der Waals surface area contributed by atoms with Crippen LogP contribution in [-0.2, 0) is 13.6 Å². The van der Waals surface area contributed by atoms with Crippen molar-refractivity contribution in [3.05, 3.63) is 27.2 Å². The number of nitrogens with one attached hydrogen (secondary N) is 2. The number of imidazole rings is 1. The van der Waals surface area contributed by atoms with Crippen LogP contribution in [0.3, 0.4) is 0 Å². The SMILES string of the molecule is Cn1c(=O)[nH]c(=O)c2c1ncn2CC[NH+]1CCCCC1. The van der Waals surface area contributed by atoms with Gasteiger partial charge in [-0.1, -0.05) is 0 Å². The van der Waals surface area contributed by atoms with Crippen molar-refractivity contribution in [2.75, 3.05) is 19.6 Å². The van der Waals surface area contributed by atoms with Gasteiger partial charge in [-0.25, -0.2) is 9.78 Å².